The first-order chi connectivity index (χ1) is 6.09. The SMILES string of the molecule is Cc1nc2cc(Cl)c(Br)cc2n1C. The van der Waals surface area contributed by atoms with E-state index in [0.717, 1.165) is 21.3 Å². The average Bonchev–Trinajstić information content (AvgIpc) is 2.32. The third kappa shape index (κ3) is 1.36. The lowest BCUT2D eigenvalue weighted by Crippen LogP contribution is -1.89. The molecule has 0 spiro atoms. The zero-order valence-electron chi connectivity index (χ0n) is 7.31. The molecule has 0 bridgehead atoms. The largest absolute Gasteiger partial charge is 0.331 e. The van der Waals surface area contributed by atoms with Crippen LogP contribution in [0.4, 0.5) is 0 Å². The molecule has 0 saturated carbocycles. The Bertz CT molecular complexity index is 476. The molecule has 4 heteroatoms. The Hall–Kier alpha value is -0.540. The van der Waals surface area contributed by atoms with E-state index in [2.05, 4.69) is 20.9 Å². The molecule has 68 valence electrons. The van der Waals surface area contributed by atoms with Crippen LogP contribution in [-0.2, 0) is 7.05 Å². The third-order valence-electron chi connectivity index (χ3n) is 2.15. The molecule has 2 aromatic rings. The maximum absolute atomic E-state index is 5.95. The van der Waals surface area contributed by atoms with Gasteiger partial charge in [0.15, 0.2) is 0 Å². The monoisotopic (exact) mass is 258 g/mol. The van der Waals surface area contributed by atoms with Crippen LogP contribution < -0.4 is 0 Å². The van der Waals surface area contributed by atoms with E-state index in [4.69, 9.17) is 11.6 Å². The number of fused-ring (bicyclic) bond motifs is 1. The molecule has 0 N–H and O–H groups in total. The molecular weight excluding hydrogens is 251 g/mol. The number of aromatic nitrogens is 2. The van der Waals surface area contributed by atoms with E-state index in [1.165, 1.54) is 0 Å². The van der Waals surface area contributed by atoms with Crippen LogP contribution in [0.15, 0.2) is 16.6 Å². The zero-order valence-corrected chi connectivity index (χ0v) is 9.65. The van der Waals surface area contributed by atoms with Gasteiger partial charge in [-0.05, 0) is 35.0 Å². The number of hydrogen-bond donors (Lipinski definition) is 0. The first kappa shape index (κ1) is 9.03. The van der Waals surface area contributed by atoms with Crippen LogP contribution in [0.2, 0.25) is 5.02 Å². The van der Waals surface area contributed by atoms with Gasteiger partial charge in [-0.3, -0.25) is 0 Å². The van der Waals surface area contributed by atoms with Crippen molar-refractivity contribution in [1.82, 2.24) is 9.55 Å². The van der Waals surface area contributed by atoms with Gasteiger partial charge in [-0.2, -0.15) is 0 Å². The first-order valence-electron chi connectivity index (χ1n) is 3.87. The lowest BCUT2D eigenvalue weighted by atomic mass is 10.3. The Morgan fingerprint density at radius 3 is 2.85 bits per heavy atom. The van der Waals surface area contributed by atoms with Crippen molar-refractivity contribution in [3.05, 3.63) is 27.5 Å². The van der Waals surface area contributed by atoms with Gasteiger partial charge >= 0.3 is 0 Å². The summed E-state index contributed by atoms with van der Waals surface area (Å²) in [5, 5.41) is 0.700. The summed E-state index contributed by atoms with van der Waals surface area (Å²) in [6.45, 7) is 1.97. The third-order valence-corrected chi connectivity index (χ3v) is 3.34. The number of halogens is 2. The summed E-state index contributed by atoms with van der Waals surface area (Å²) in [7, 11) is 1.99. The number of benzene rings is 1. The quantitative estimate of drug-likeness (QED) is 0.710. The predicted octanol–water partition coefficient (Wildman–Crippen LogP) is 3.30. The maximum atomic E-state index is 5.95. The van der Waals surface area contributed by atoms with Crippen LogP contribution in [0.1, 0.15) is 5.82 Å². The fourth-order valence-corrected chi connectivity index (χ4v) is 1.80. The minimum atomic E-state index is 0.700. The van der Waals surface area contributed by atoms with Crippen molar-refractivity contribution in [3.8, 4) is 0 Å². The highest BCUT2D eigenvalue weighted by molar-refractivity contribution is 9.10. The molecule has 0 aliphatic rings. The van der Waals surface area contributed by atoms with Crippen molar-refractivity contribution in [2.75, 3.05) is 0 Å². The van der Waals surface area contributed by atoms with E-state index in [1.807, 2.05) is 30.7 Å². The highest BCUT2D eigenvalue weighted by atomic mass is 79.9. The molecule has 0 fully saturated rings. The molecule has 0 atom stereocenters. The minimum absolute atomic E-state index is 0.700. The second-order valence-electron chi connectivity index (χ2n) is 2.97. The van der Waals surface area contributed by atoms with Gasteiger partial charge in [0, 0.05) is 11.5 Å². The summed E-state index contributed by atoms with van der Waals surface area (Å²) >= 11 is 9.34. The molecule has 0 unspecified atom stereocenters. The highest BCUT2D eigenvalue weighted by Gasteiger charge is 2.06. The molecular formula is C9H8BrClN2. The van der Waals surface area contributed by atoms with E-state index in [0.29, 0.717) is 5.02 Å². The molecule has 2 rings (SSSR count). The van der Waals surface area contributed by atoms with Gasteiger partial charge in [0.05, 0.1) is 16.1 Å². The van der Waals surface area contributed by atoms with E-state index >= 15 is 0 Å². The maximum Gasteiger partial charge on any atom is 0.106 e. The Morgan fingerprint density at radius 2 is 2.15 bits per heavy atom. The van der Waals surface area contributed by atoms with Crippen molar-refractivity contribution < 1.29 is 0 Å². The van der Waals surface area contributed by atoms with Gasteiger partial charge in [-0.1, -0.05) is 11.6 Å². The second kappa shape index (κ2) is 3.00. The van der Waals surface area contributed by atoms with Gasteiger partial charge in [-0.15, -0.1) is 0 Å². The fourth-order valence-electron chi connectivity index (χ4n) is 1.31. The normalized spacial score (nSPS) is 11.1. The summed E-state index contributed by atoms with van der Waals surface area (Å²) in [5.74, 6) is 0.990. The van der Waals surface area contributed by atoms with Crippen molar-refractivity contribution in [1.29, 1.82) is 0 Å². The van der Waals surface area contributed by atoms with Crippen LogP contribution in [0.5, 0.6) is 0 Å². The minimum Gasteiger partial charge on any atom is -0.331 e. The number of imidazole rings is 1. The molecule has 1 aromatic carbocycles. The van der Waals surface area contributed by atoms with Crippen LogP contribution >= 0.6 is 27.5 Å². The smallest absolute Gasteiger partial charge is 0.106 e. The van der Waals surface area contributed by atoms with Gasteiger partial charge in [0.1, 0.15) is 5.82 Å². The predicted molar refractivity (Wildman–Crippen MR) is 58.2 cm³/mol. The Labute approximate surface area is 89.7 Å². The molecule has 0 aliphatic heterocycles. The molecule has 0 aliphatic carbocycles. The standard InChI is InChI=1S/C9H8BrClN2/c1-5-12-8-4-7(11)6(10)3-9(8)13(5)2/h3-4H,1-2H3. The summed E-state index contributed by atoms with van der Waals surface area (Å²) < 4.78 is 2.95. The van der Waals surface area contributed by atoms with Crippen LogP contribution in [0, 0.1) is 6.92 Å². The molecule has 0 saturated heterocycles. The van der Waals surface area contributed by atoms with E-state index in [1.54, 1.807) is 0 Å². The van der Waals surface area contributed by atoms with E-state index in [9.17, 15) is 0 Å². The molecule has 1 aromatic heterocycles. The second-order valence-corrected chi connectivity index (χ2v) is 4.23. The molecule has 1 heterocycles. The van der Waals surface area contributed by atoms with Gasteiger partial charge < -0.3 is 4.57 Å². The Morgan fingerprint density at radius 1 is 1.46 bits per heavy atom. The zero-order chi connectivity index (χ0) is 9.59. The van der Waals surface area contributed by atoms with Crippen molar-refractivity contribution >= 4 is 38.6 Å². The molecule has 0 radical (unpaired) electrons. The van der Waals surface area contributed by atoms with Crippen molar-refractivity contribution in [3.63, 3.8) is 0 Å². The number of rotatable bonds is 0. The fraction of sp³-hybridized carbons (Fsp3) is 0.222. The lowest BCUT2D eigenvalue weighted by molar-refractivity contribution is 0.886. The lowest BCUT2D eigenvalue weighted by Gasteiger charge is -1.98. The average molecular weight is 260 g/mol. The number of nitrogens with zero attached hydrogens (tertiary/aromatic N) is 2. The summed E-state index contributed by atoms with van der Waals surface area (Å²) in [6, 6.07) is 3.85. The summed E-state index contributed by atoms with van der Waals surface area (Å²) in [5.41, 5.74) is 2.03. The topological polar surface area (TPSA) is 17.8 Å². The summed E-state index contributed by atoms with van der Waals surface area (Å²) in [4.78, 5) is 4.37. The Kier molecular flexibility index (Phi) is 2.08. The van der Waals surface area contributed by atoms with Crippen LogP contribution in [0.3, 0.4) is 0 Å². The molecule has 0 amide bonds. The Balaban J connectivity index is 2.89. The highest BCUT2D eigenvalue weighted by Crippen LogP contribution is 2.27. The van der Waals surface area contributed by atoms with E-state index < -0.39 is 0 Å². The first-order valence-corrected chi connectivity index (χ1v) is 5.05. The molecule has 2 nitrogen and oxygen atoms in total. The number of aryl methyl sites for hydroxylation is 2. The van der Waals surface area contributed by atoms with Crippen molar-refractivity contribution in [2.24, 2.45) is 7.05 Å². The van der Waals surface area contributed by atoms with Crippen LogP contribution in [0.25, 0.3) is 11.0 Å². The van der Waals surface area contributed by atoms with Gasteiger partial charge in [-0.25, -0.2) is 4.98 Å². The summed E-state index contributed by atoms with van der Waals surface area (Å²) in [6.07, 6.45) is 0. The molecule has 13 heavy (non-hydrogen) atoms. The number of hydrogen-bond acceptors (Lipinski definition) is 1. The van der Waals surface area contributed by atoms with Gasteiger partial charge in [0.2, 0.25) is 0 Å². The van der Waals surface area contributed by atoms with Crippen LogP contribution in [-0.4, -0.2) is 9.55 Å². The van der Waals surface area contributed by atoms with Crippen molar-refractivity contribution in [2.45, 2.75) is 6.92 Å². The van der Waals surface area contributed by atoms with Gasteiger partial charge in [0.25, 0.3) is 0 Å². The van der Waals surface area contributed by atoms with E-state index in [-0.39, 0.29) is 0 Å².